The van der Waals surface area contributed by atoms with Crippen molar-refractivity contribution in [2.24, 2.45) is 0 Å². The Morgan fingerprint density at radius 2 is 2.00 bits per heavy atom. The van der Waals surface area contributed by atoms with Gasteiger partial charge in [0.25, 0.3) is 0 Å². The molecule has 0 saturated heterocycles. The molecule has 4 rings (SSSR count). The van der Waals surface area contributed by atoms with Crippen molar-refractivity contribution in [1.29, 1.82) is 5.26 Å². The second-order valence-corrected chi connectivity index (χ2v) is 6.91. The van der Waals surface area contributed by atoms with E-state index in [1.165, 1.54) is 17.4 Å². The third kappa shape index (κ3) is 3.26. The van der Waals surface area contributed by atoms with E-state index >= 15 is 0 Å². The topological polar surface area (TPSA) is 66.9 Å². The van der Waals surface area contributed by atoms with E-state index in [1.807, 2.05) is 18.2 Å². The number of furan rings is 1. The van der Waals surface area contributed by atoms with E-state index in [0.29, 0.717) is 17.3 Å². The zero-order valence-electron chi connectivity index (χ0n) is 14.7. The van der Waals surface area contributed by atoms with Gasteiger partial charge in [0.2, 0.25) is 0 Å². The van der Waals surface area contributed by atoms with Gasteiger partial charge < -0.3 is 4.42 Å². The summed E-state index contributed by atoms with van der Waals surface area (Å²) in [5.41, 5.74) is 2.95. The molecule has 2 heterocycles. The predicted octanol–water partition coefficient (Wildman–Crippen LogP) is 4.75. The molecule has 1 atom stereocenters. The molecule has 142 valence electrons. The van der Waals surface area contributed by atoms with Crippen LogP contribution in [0.2, 0.25) is 0 Å². The number of alkyl halides is 3. The molecule has 0 saturated carbocycles. The largest absolute Gasteiger partial charge is 0.464 e. The van der Waals surface area contributed by atoms with Crippen molar-refractivity contribution < 1.29 is 22.4 Å². The van der Waals surface area contributed by atoms with Crippen LogP contribution in [0.5, 0.6) is 0 Å². The smallest absolute Gasteiger partial charge is 0.417 e. The number of pyridine rings is 1. The van der Waals surface area contributed by atoms with E-state index in [0.717, 1.165) is 36.8 Å². The van der Waals surface area contributed by atoms with Crippen molar-refractivity contribution in [3.8, 4) is 6.07 Å². The van der Waals surface area contributed by atoms with Gasteiger partial charge in [-0.25, -0.2) is 0 Å². The molecule has 28 heavy (non-hydrogen) atoms. The summed E-state index contributed by atoms with van der Waals surface area (Å²) in [5, 5.41) is 10.2. The van der Waals surface area contributed by atoms with Crippen LogP contribution in [0.15, 0.2) is 41.1 Å². The molecule has 7 heteroatoms. The fraction of sp³-hybridized carbons (Fsp3) is 0.286. The summed E-state index contributed by atoms with van der Waals surface area (Å²) in [6.07, 6.45) is 0.666. The molecule has 0 bridgehead atoms. The van der Waals surface area contributed by atoms with Crippen molar-refractivity contribution in [2.75, 3.05) is 0 Å². The quantitative estimate of drug-likeness (QED) is 0.651. The first-order chi connectivity index (χ1) is 13.4. The lowest BCUT2D eigenvalue weighted by Crippen LogP contribution is -2.15. The van der Waals surface area contributed by atoms with E-state index in [9.17, 15) is 23.2 Å². The lowest BCUT2D eigenvalue weighted by Gasteiger charge is -2.10. The van der Waals surface area contributed by atoms with Crippen LogP contribution in [0.4, 0.5) is 13.2 Å². The maximum absolute atomic E-state index is 12.7. The number of benzene rings is 1. The maximum Gasteiger partial charge on any atom is 0.417 e. The first kappa shape index (κ1) is 18.2. The summed E-state index contributed by atoms with van der Waals surface area (Å²) in [6.45, 7) is 0. The number of nitriles is 1. The number of rotatable bonds is 4. The number of nitrogens with zero attached hydrogens (tertiary/aromatic N) is 2. The highest BCUT2D eigenvalue weighted by molar-refractivity contribution is 5.94. The molecule has 0 amide bonds. The molecule has 3 aromatic rings. The Kier molecular flexibility index (Phi) is 4.42. The average molecular weight is 384 g/mol. The number of aryl methyl sites for hydroxylation is 2. The summed E-state index contributed by atoms with van der Waals surface area (Å²) < 4.78 is 43.6. The summed E-state index contributed by atoms with van der Waals surface area (Å²) in [4.78, 5) is 16.4. The molecule has 1 aliphatic rings. The Morgan fingerprint density at radius 1 is 1.25 bits per heavy atom. The van der Waals surface area contributed by atoms with Crippen molar-refractivity contribution >= 4 is 16.8 Å². The molecule has 4 nitrogen and oxygen atoms in total. The van der Waals surface area contributed by atoms with Crippen molar-refractivity contribution in [1.82, 2.24) is 4.98 Å². The van der Waals surface area contributed by atoms with Crippen LogP contribution in [0.1, 0.15) is 40.3 Å². The van der Waals surface area contributed by atoms with Crippen LogP contribution in [0.3, 0.4) is 0 Å². The van der Waals surface area contributed by atoms with E-state index < -0.39 is 23.4 Å². The van der Waals surface area contributed by atoms with E-state index in [1.54, 1.807) is 0 Å². The normalized spacial score (nSPS) is 14.6. The maximum atomic E-state index is 12.7. The lowest BCUT2D eigenvalue weighted by atomic mass is 9.94. The van der Waals surface area contributed by atoms with Crippen LogP contribution >= 0.6 is 0 Å². The van der Waals surface area contributed by atoms with E-state index in [4.69, 9.17) is 4.42 Å². The average Bonchev–Trinajstić information content (AvgIpc) is 3.27. The van der Waals surface area contributed by atoms with Crippen molar-refractivity contribution in [2.45, 2.75) is 37.8 Å². The molecule has 1 aliphatic carbocycles. The standard InChI is InChI=1S/C21H15F3N2O2/c22-21(23,24)15-4-5-18(26-10-15)17(9-25)19(27)7-14-11-28-20-8-13-3-1-2-12(13)6-16(14)20/h4-6,8,10-11,17H,1-3,7H2/t17-/m0/s1. The highest BCUT2D eigenvalue weighted by Gasteiger charge is 2.31. The van der Waals surface area contributed by atoms with Crippen LogP contribution in [-0.2, 0) is 30.2 Å². The molecule has 0 unspecified atom stereocenters. The Hall–Kier alpha value is -3.14. The van der Waals surface area contributed by atoms with Gasteiger partial charge >= 0.3 is 6.18 Å². The van der Waals surface area contributed by atoms with Gasteiger partial charge in [0.1, 0.15) is 11.5 Å². The molecular weight excluding hydrogens is 369 g/mol. The first-order valence-electron chi connectivity index (χ1n) is 8.84. The van der Waals surface area contributed by atoms with Gasteiger partial charge in [-0.2, -0.15) is 18.4 Å². The Balaban J connectivity index is 1.58. The minimum absolute atomic E-state index is 0.00851. The Bertz CT molecular complexity index is 1090. The molecular formula is C21H15F3N2O2. The molecule has 2 aromatic heterocycles. The number of hydrogen-bond donors (Lipinski definition) is 0. The SMILES string of the molecule is N#C[C@H](C(=O)Cc1coc2cc3c(cc12)CCC3)c1ccc(C(F)(F)F)cn1. The number of carbonyl (C=O) groups excluding carboxylic acids is 1. The van der Waals surface area contributed by atoms with Gasteiger partial charge in [0.05, 0.1) is 23.6 Å². The summed E-state index contributed by atoms with van der Waals surface area (Å²) in [6, 6.07) is 7.78. The van der Waals surface area contributed by atoms with Crippen molar-refractivity contribution in [3.63, 3.8) is 0 Å². The summed E-state index contributed by atoms with van der Waals surface area (Å²) in [7, 11) is 0. The third-order valence-corrected chi connectivity index (χ3v) is 5.09. The molecule has 0 spiro atoms. The highest BCUT2D eigenvalue weighted by atomic mass is 19.4. The highest BCUT2D eigenvalue weighted by Crippen LogP contribution is 2.32. The number of fused-ring (bicyclic) bond motifs is 2. The second kappa shape index (κ2) is 6.79. The van der Waals surface area contributed by atoms with Gasteiger partial charge in [-0.3, -0.25) is 9.78 Å². The van der Waals surface area contributed by atoms with Crippen LogP contribution < -0.4 is 0 Å². The number of aromatic nitrogens is 1. The summed E-state index contributed by atoms with van der Waals surface area (Å²) in [5.74, 6) is -1.67. The number of Topliss-reactive ketones (excluding diaryl/α,β-unsaturated/α-hetero) is 1. The minimum Gasteiger partial charge on any atom is -0.464 e. The van der Waals surface area contributed by atoms with Gasteiger partial charge in [0.15, 0.2) is 5.78 Å². The van der Waals surface area contributed by atoms with E-state index in [2.05, 4.69) is 4.98 Å². The zero-order chi connectivity index (χ0) is 19.9. The Morgan fingerprint density at radius 3 is 2.64 bits per heavy atom. The predicted molar refractivity (Wildman–Crippen MR) is 94.5 cm³/mol. The fourth-order valence-corrected chi connectivity index (χ4v) is 3.62. The molecule has 0 radical (unpaired) electrons. The first-order valence-corrected chi connectivity index (χ1v) is 8.84. The van der Waals surface area contributed by atoms with Gasteiger partial charge in [-0.15, -0.1) is 0 Å². The fourth-order valence-electron chi connectivity index (χ4n) is 3.62. The molecule has 1 aromatic carbocycles. The zero-order valence-corrected chi connectivity index (χ0v) is 14.7. The third-order valence-electron chi connectivity index (χ3n) is 5.09. The van der Waals surface area contributed by atoms with Gasteiger partial charge in [0, 0.05) is 23.6 Å². The molecule has 0 fully saturated rings. The monoisotopic (exact) mass is 384 g/mol. The lowest BCUT2D eigenvalue weighted by molar-refractivity contribution is -0.137. The van der Waals surface area contributed by atoms with E-state index in [-0.39, 0.29) is 12.1 Å². The minimum atomic E-state index is -4.52. The number of ketones is 1. The molecule has 0 N–H and O–H groups in total. The second-order valence-electron chi connectivity index (χ2n) is 6.91. The Labute approximate surface area is 158 Å². The summed E-state index contributed by atoms with van der Waals surface area (Å²) >= 11 is 0. The number of carbonyl (C=O) groups is 1. The number of hydrogen-bond acceptors (Lipinski definition) is 4. The van der Waals surface area contributed by atoms with Crippen LogP contribution in [-0.4, -0.2) is 10.8 Å². The van der Waals surface area contributed by atoms with Crippen molar-refractivity contribution in [3.05, 3.63) is 64.7 Å². The van der Waals surface area contributed by atoms with Crippen LogP contribution in [0.25, 0.3) is 11.0 Å². The van der Waals surface area contributed by atoms with Gasteiger partial charge in [-0.1, -0.05) is 0 Å². The van der Waals surface area contributed by atoms with Crippen LogP contribution in [0, 0.1) is 11.3 Å². The molecule has 0 aliphatic heterocycles. The van der Waals surface area contributed by atoms with Gasteiger partial charge in [-0.05, 0) is 54.7 Å². The number of halogens is 3.